The number of aliphatic hydroxyl groups is 1. The number of hydrogen-bond donors (Lipinski definition) is 2. The van der Waals surface area contributed by atoms with Crippen molar-refractivity contribution in [1.29, 1.82) is 0 Å². The average Bonchev–Trinajstić information content (AvgIpc) is 3.44. The van der Waals surface area contributed by atoms with E-state index in [2.05, 4.69) is 44.9 Å². The molecule has 1 aliphatic rings. The van der Waals surface area contributed by atoms with Crippen molar-refractivity contribution in [2.75, 3.05) is 0 Å². The van der Waals surface area contributed by atoms with Gasteiger partial charge in [-0.1, -0.05) is 55.5 Å². The number of aromatic amines is 1. The Bertz CT molecular complexity index is 1240. The summed E-state index contributed by atoms with van der Waals surface area (Å²) in [5.41, 5.74) is 5.41. The summed E-state index contributed by atoms with van der Waals surface area (Å²) < 4.78 is 1.98. The van der Waals surface area contributed by atoms with Gasteiger partial charge in [-0.3, -0.25) is 4.79 Å². The molecule has 0 aliphatic heterocycles. The zero-order valence-corrected chi connectivity index (χ0v) is 17.8. The third kappa shape index (κ3) is 3.62. The van der Waals surface area contributed by atoms with Crippen molar-refractivity contribution in [3.8, 4) is 22.5 Å². The van der Waals surface area contributed by atoms with Crippen LogP contribution in [0.25, 0.3) is 22.5 Å². The van der Waals surface area contributed by atoms with Gasteiger partial charge in [-0.15, -0.1) is 10.2 Å². The number of imidazole rings is 1. The number of aliphatic hydroxyl groups excluding tert-OH is 1. The van der Waals surface area contributed by atoms with E-state index in [1.807, 2.05) is 35.8 Å². The van der Waals surface area contributed by atoms with Gasteiger partial charge >= 0.3 is 0 Å². The fraction of sp³-hybridized carbons (Fsp3) is 0.292. The molecule has 0 fully saturated rings. The number of benzene rings is 2. The number of nitrogens with zero attached hydrogens (tertiary/aromatic N) is 5. The van der Waals surface area contributed by atoms with Gasteiger partial charge in [0.05, 0.1) is 5.69 Å². The number of Topliss-reactive ketones (excluding diaryl/α,β-unsaturated/α-hetero) is 1. The van der Waals surface area contributed by atoms with E-state index in [9.17, 15) is 9.90 Å². The van der Waals surface area contributed by atoms with Crippen molar-refractivity contribution < 1.29 is 9.90 Å². The number of ketones is 1. The van der Waals surface area contributed by atoms with Crippen LogP contribution >= 0.6 is 0 Å². The maximum Gasteiger partial charge on any atom is 0.209 e. The molecule has 2 N–H and O–H groups in total. The Hall–Kier alpha value is -3.65. The fourth-order valence-corrected chi connectivity index (χ4v) is 4.37. The SMILES string of the molecule is CCc1nc2c(n1Cc1ccc(-c3ccccc3-c3nn[nH]n3)cc1)C(=O)C(O)CCC2. The van der Waals surface area contributed by atoms with Crippen LogP contribution in [0.2, 0.25) is 0 Å². The predicted octanol–water partition coefficient (Wildman–Crippen LogP) is 3.22. The van der Waals surface area contributed by atoms with Crippen LogP contribution in [0.15, 0.2) is 48.5 Å². The highest BCUT2D eigenvalue weighted by Gasteiger charge is 2.29. The Morgan fingerprint density at radius 1 is 1.12 bits per heavy atom. The Kier molecular flexibility index (Phi) is 5.36. The molecule has 162 valence electrons. The number of hydrogen-bond acceptors (Lipinski definition) is 6. The lowest BCUT2D eigenvalue weighted by molar-refractivity contribution is 0.0725. The number of nitrogens with one attached hydrogen (secondary N) is 1. The van der Waals surface area contributed by atoms with E-state index in [-0.39, 0.29) is 5.78 Å². The Labute approximate surface area is 185 Å². The molecular weight excluding hydrogens is 404 g/mol. The molecule has 1 unspecified atom stereocenters. The van der Waals surface area contributed by atoms with Crippen LogP contribution in [-0.2, 0) is 19.4 Å². The first kappa shape index (κ1) is 20.3. The summed E-state index contributed by atoms with van der Waals surface area (Å²) in [5, 5.41) is 24.6. The molecule has 2 heterocycles. The number of tetrazole rings is 1. The zero-order chi connectivity index (χ0) is 22.1. The molecule has 0 amide bonds. The lowest BCUT2D eigenvalue weighted by Crippen LogP contribution is -2.23. The first-order valence-electron chi connectivity index (χ1n) is 10.9. The third-order valence-electron chi connectivity index (χ3n) is 5.98. The monoisotopic (exact) mass is 428 g/mol. The second kappa shape index (κ2) is 8.47. The molecular formula is C24H24N6O2. The maximum absolute atomic E-state index is 12.8. The number of carbonyl (C=O) groups is 1. The summed E-state index contributed by atoms with van der Waals surface area (Å²) in [6, 6.07) is 16.2. The van der Waals surface area contributed by atoms with Crippen molar-refractivity contribution in [2.45, 2.75) is 45.3 Å². The van der Waals surface area contributed by atoms with E-state index in [1.54, 1.807) is 0 Å². The van der Waals surface area contributed by atoms with Gasteiger partial charge in [0.25, 0.3) is 0 Å². The van der Waals surface area contributed by atoms with E-state index in [0.29, 0.717) is 24.5 Å². The molecule has 32 heavy (non-hydrogen) atoms. The van der Waals surface area contributed by atoms with Gasteiger partial charge in [0, 0.05) is 18.5 Å². The zero-order valence-electron chi connectivity index (χ0n) is 17.8. The third-order valence-corrected chi connectivity index (χ3v) is 5.98. The quantitative estimate of drug-likeness (QED) is 0.473. The second-order valence-corrected chi connectivity index (χ2v) is 8.01. The van der Waals surface area contributed by atoms with Crippen LogP contribution in [-0.4, -0.2) is 47.2 Å². The van der Waals surface area contributed by atoms with Gasteiger partial charge < -0.3 is 9.67 Å². The number of fused-ring (bicyclic) bond motifs is 1. The maximum atomic E-state index is 12.8. The van der Waals surface area contributed by atoms with E-state index in [1.165, 1.54) is 0 Å². The second-order valence-electron chi connectivity index (χ2n) is 8.01. The molecule has 0 saturated heterocycles. The standard InChI is InChI=1S/C24H24N6O2/c1-2-21-25-19-8-5-9-20(31)23(32)22(19)30(21)14-15-10-12-16(13-11-15)17-6-3-4-7-18(17)24-26-28-29-27-24/h3-4,6-7,10-13,20,31H,2,5,8-9,14H2,1H3,(H,26,27,28,29). The minimum atomic E-state index is -0.944. The lowest BCUT2D eigenvalue weighted by atomic mass is 9.98. The molecule has 2 aromatic heterocycles. The van der Waals surface area contributed by atoms with Crippen LogP contribution in [0.1, 0.15) is 47.3 Å². The summed E-state index contributed by atoms with van der Waals surface area (Å²) in [4.78, 5) is 17.6. The topological polar surface area (TPSA) is 110 Å². The summed E-state index contributed by atoms with van der Waals surface area (Å²) in [5.74, 6) is 1.22. The number of aryl methyl sites for hydroxylation is 2. The summed E-state index contributed by atoms with van der Waals surface area (Å²) in [6.07, 6.45) is 1.77. The molecule has 2 aromatic carbocycles. The van der Waals surface area contributed by atoms with Crippen molar-refractivity contribution in [3.05, 3.63) is 71.3 Å². The van der Waals surface area contributed by atoms with Crippen molar-refractivity contribution in [2.24, 2.45) is 0 Å². The molecule has 4 aromatic rings. The van der Waals surface area contributed by atoms with Gasteiger partial charge in [0.2, 0.25) is 11.6 Å². The van der Waals surface area contributed by atoms with Gasteiger partial charge in [0.1, 0.15) is 17.6 Å². The summed E-state index contributed by atoms with van der Waals surface area (Å²) in [7, 11) is 0. The Balaban J connectivity index is 1.48. The van der Waals surface area contributed by atoms with Crippen LogP contribution in [0.5, 0.6) is 0 Å². The van der Waals surface area contributed by atoms with Gasteiger partial charge in [-0.2, -0.15) is 5.21 Å². The van der Waals surface area contributed by atoms with Crippen LogP contribution in [0, 0.1) is 0 Å². The van der Waals surface area contributed by atoms with Gasteiger partial charge in [0.15, 0.2) is 0 Å². The molecule has 1 aliphatic carbocycles. The normalized spacial score (nSPS) is 16.1. The molecule has 0 saturated carbocycles. The van der Waals surface area contributed by atoms with Crippen molar-refractivity contribution in [1.82, 2.24) is 30.2 Å². The number of carbonyl (C=O) groups excluding carboxylic acids is 1. The molecule has 8 heteroatoms. The smallest absolute Gasteiger partial charge is 0.209 e. The van der Waals surface area contributed by atoms with E-state index in [0.717, 1.165) is 53.0 Å². The highest BCUT2D eigenvalue weighted by atomic mass is 16.3. The average molecular weight is 428 g/mol. The first-order chi connectivity index (χ1) is 15.7. The van der Waals surface area contributed by atoms with E-state index in [4.69, 9.17) is 4.98 Å². The predicted molar refractivity (Wildman–Crippen MR) is 119 cm³/mol. The van der Waals surface area contributed by atoms with Gasteiger partial charge in [-0.25, -0.2) is 4.98 Å². The number of H-pyrrole nitrogens is 1. The van der Waals surface area contributed by atoms with Gasteiger partial charge in [-0.05, 0) is 41.2 Å². The molecule has 0 bridgehead atoms. The Morgan fingerprint density at radius 2 is 1.91 bits per heavy atom. The van der Waals surface area contributed by atoms with E-state index < -0.39 is 6.10 Å². The Morgan fingerprint density at radius 3 is 2.62 bits per heavy atom. The minimum absolute atomic E-state index is 0.213. The molecule has 8 nitrogen and oxygen atoms in total. The number of rotatable bonds is 5. The molecule has 1 atom stereocenters. The number of aromatic nitrogens is 6. The summed E-state index contributed by atoms with van der Waals surface area (Å²) in [6.45, 7) is 2.58. The fourth-order valence-electron chi connectivity index (χ4n) is 4.37. The van der Waals surface area contributed by atoms with Crippen molar-refractivity contribution >= 4 is 5.78 Å². The minimum Gasteiger partial charge on any atom is -0.385 e. The molecule has 0 spiro atoms. The molecule has 0 radical (unpaired) electrons. The van der Waals surface area contributed by atoms with Crippen LogP contribution in [0.4, 0.5) is 0 Å². The largest absolute Gasteiger partial charge is 0.385 e. The summed E-state index contributed by atoms with van der Waals surface area (Å²) >= 11 is 0. The molecule has 5 rings (SSSR count). The van der Waals surface area contributed by atoms with E-state index >= 15 is 0 Å². The lowest BCUT2D eigenvalue weighted by Gasteiger charge is -2.14. The first-order valence-corrected chi connectivity index (χ1v) is 10.9. The highest BCUT2D eigenvalue weighted by Crippen LogP contribution is 2.30. The van der Waals surface area contributed by atoms with Crippen molar-refractivity contribution in [3.63, 3.8) is 0 Å². The van der Waals surface area contributed by atoms with Crippen LogP contribution < -0.4 is 0 Å². The highest BCUT2D eigenvalue weighted by molar-refractivity contribution is 5.99. The van der Waals surface area contributed by atoms with Crippen LogP contribution in [0.3, 0.4) is 0 Å².